The summed E-state index contributed by atoms with van der Waals surface area (Å²) in [6, 6.07) is 0. The molecule has 11 nitrogen and oxygen atoms in total. The molecule has 2 saturated heterocycles. The van der Waals surface area contributed by atoms with Crippen LogP contribution in [0.2, 0.25) is 0 Å². The summed E-state index contributed by atoms with van der Waals surface area (Å²) in [6.45, 7) is 12.8. The van der Waals surface area contributed by atoms with E-state index in [9.17, 15) is 29.1 Å². The van der Waals surface area contributed by atoms with Gasteiger partial charge in [-0.2, -0.15) is 0 Å². The number of cyclic esters (lactones) is 1. The van der Waals surface area contributed by atoms with Crippen molar-refractivity contribution in [2.24, 2.45) is 11.8 Å². The summed E-state index contributed by atoms with van der Waals surface area (Å²) in [7, 11) is 0. The van der Waals surface area contributed by atoms with Crippen molar-refractivity contribution in [1.29, 1.82) is 0 Å². The molecule has 2 saturated carbocycles. The predicted molar refractivity (Wildman–Crippen MR) is 116 cm³/mol. The topological polar surface area (TPSA) is 152 Å². The lowest BCUT2D eigenvalue weighted by molar-refractivity contribution is -0.168. The average Bonchev–Trinajstić information content (AvgIpc) is 3.39. The van der Waals surface area contributed by atoms with Crippen LogP contribution in [-0.4, -0.2) is 71.1 Å². The Balaban J connectivity index is 0.000000214. The molecule has 0 spiro atoms. The first-order valence-corrected chi connectivity index (χ1v) is 11.2. The number of ether oxygens (including phenoxy) is 5. The first-order chi connectivity index (χ1) is 16.2. The second kappa shape index (κ2) is 9.44. The molecule has 2 heterocycles. The maximum atomic E-state index is 11.7. The second-order valence-corrected chi connectivity index (χ2v) is 9.70. The van der Waals surface area contributed by atoms with E-state index in [1.807, 2.05) is 0 Å². The van der Waals surface area contributed by atoms with Crippen LogP contribution in [0.1, 0.15) is 47.0 Å². The maximum absolute atomic E-state index is 11.7. The Bertz CT molecular complexity index is 984. The molecule has 11 heteroatoms. The minimum absolute atomic E-state index is 0.0998. The fraction of sp³-hybridized carbons (Fsp3) is 0.625. The van der Waals surface area contributed by atoms with E-state index in [-0.39, 0.29) is 36.2 Å². The van der Waals surface area contributed by atoms with Gasteiger partial charge in [0, 0.05) is 23.0 Å². The molecule has 1 N–H and O–H groups in total. The number of hydrogen-bond donors (Lipinski definition) is 1. The fourth-order valence-corrected chi connectivity index (χ4v) is 4.73. The van der Waals surface area contributed by atoms with Gasteiger partial charge in [0.25, 0.3) is 0 Å². The van der Waals surface area contributed by atoms with E-state index in [0.717, 1.165) is 0 Å². The lowest BCUT2D eigenvalue weighted by atomic mass is 9.84. The Morgan fingerprint density at radius 1 is 1.11 bits per heavy atom. The summed E-state index contributed by atoms with van der Waals surface area (Å²) in [6.07, 6.45) is -0.627. The number of carbonyl (C=O) groups excluding carboxylic acids is 5. The van der Waals surface area contributed by atoms with Crippen LogP contribution in [0.15, 0.2) is 24.3 Å². The highest BCUT2D eigenvalue weighted by Crippen LogP contribution is 2.57. The molecule has 7 atom stereocenters. The van der Waals surface area contributed by atoms with E-state index >= 15 is 0 Å². The molecule has 0 aromatic carbocycles. The zero-order valence-electron chi connectivity index (χ0n) is 20.2. The molecule has 0 aromatic heterocycles. The van der Waals surface area contributed by atoms with Crippen molar-refractivity contribution in [3.05, 3.63) is 24.3 Å². The molecule has 4 aliphatic rings. The molecule has 2 aliphatic heterocycles. The Kier molecular flexibility index (Phi) is 7.12. The third-order valence-electron chi connectivity index (χ3n) is 6.80. The molecule has 2 bridgehead atoms. The number of rotatable bonds is 6. The van der Waals surface area contributed by atoms with Gasteiger partial charge in [0.15, 0.2) is 17.8 Å². The highest BCUT2D eigenvalue weighted by molar-refractivity contribution is 5.89. The van der Waals surface area contributed by atoms with Crippen LogP contribution in [0, 0.1) is 11.8 Å². The largest absolute Gasteiger partial charge is 0.458 e. The van der Waals surface area contributed by atoms with Gasteiger partial charge in [0.2, 0.25) is 0 Å². The van der Waals surface area contributed by atoms with Gasteiger partial charge in [-0.15, -0.1) is 0 Å². The van der Waals surface area contributed by atoms with Crippen molar-refractivity contribution >= 4 is 29.8 Å². The van der Waals surface area contributed by atoms with Crippen LogP contribution in [0.25, 0.3) is 0 Å². The Morgan fingerprint density at radius 3 is 2.29 bits per heavy atom. The molecular weight excluding hydrogens is 464 g/mol. The molecule has 2 aliphatic carbocycles. The molecular formula is C24H30O11. The van der Waals surface area contributed by atoms with Gasteiger partial charge < -0.3 is 28.8 Å². The highest BCUT2D eigenvalue weighted by atomic mass is 16.6. The van der Waals surface area contributed by atoms with E-state index in [0.29, 0.717) is 12.0 Å². The number of aliphatic hydroxyl groups is 1. The van der Waals surface area contributed by atoms with Gasteiger partial charge in [-0.3, -0.25) is 4.79 Å². The molecule has 7 unspecified atom stereocenters. The SMILES string of the molecule is C=C(C)C(=O)OC1(C)CC(=O)OC1C.C=C(C)C(=O)OCC(=O)OC1C2CC3C1OC(=O)C3(O)C2. The zero-order chi connectivity index (χ0) is 26.3. The number of esters is 5. The van der Waals surface area contributed by atoms with Crippen molar-refractivity contribution in [2.75, 3.05) is 6.61 Å². The minimum atomic E-state index is -1.41. The van der Waals surface area contributed by atoms with Gasteiger partial charge in [-0.1, -0.05) is 13.2 Å². The first-order valence-electron chi connectivity index (χ1n) is 11.2. The van der Waals surface area contributed by atoms with Gasteiger partial charge in [0.05, 0.1) is 6.42 Å². The quantitative estimate of drug-likeness (QED) is 0.319. The van der Waals surface area contributed by atoms with Crippen LogP contribution in [0.5, 0.6) is 0 Å². The molecule has 35 heavy (non-hydrogen) atoms. The van der Waals surface area contributed by atoms with E-state index < -0.39 is 60.0 Å². The van der Waals surface area contributed by atoms with Gasteiger partial charge >= 0.3 is 29.8 Å². The van der Waals surface area contributed by atoms with Crippen molar-refractivity contribution in [3.63, 3.8) is 0 Å². The molecule has 0 amide bonds. The summed E-state index contributed by atoms with van der Waals surface area (Å²) in [4.78, 5) is 56.8. The van der Waals surface area contributed by atoms with Crippen molar-refractivity contribution < 1.29 is 52.8 Å². The lowest BCUT2D eigenvalue weighted by Gasteiger charge is -2.28. The minimum Gasteiger partial charge on any atom is -0.458 e. The summed E-state index contributed by atoms with van der Waals surface area (Å²) in [5, 5.41) is 10.2. The summed E-state index contributed by atoms with van der Waals surface area (Å²) in [5.41, 5.74) is -1.76. The number of carbonyl (C=O) groups is 5. The van der Waals surface area contributed by atoms with E-state index in [1.54, 1.807) is 20.8 Å². The van der Waals surface area contributed by atoms with E-state index in [1.165, 1.54) is 6.92 Å². The third-order valence-corrected chi connectivity index (χ3v) is 6.80. The Hall–Kier alpha value is -3.21. The van der Waals surface area contributed by atoms with Gasteiger partial charge in [-0.25, -0.2) is 19.2 Å². The van der Waals surface area contributed by atoms with E-state index in [2.05, 4.69) is 13.2 Å². The monoisotopic (exact) mass is 494 g/mol. The van der Waals surface area contributed by atoms with Crippen LogP contribution >= 0.6 is 0 Å². The number of hydrogen-bond acceptors (Lipinski definition) is 11. The fourth-order valence-electron chi connectivity index (χ4n) is 4.73. The smallest absolute Gasteiger partial charge is 0.344 e. The van der Waals surface area contributed by atoms with Gasteiger partial charge in [0.1, 0.15) is 18.3 Å². The van der Waals surface area contributed by atoms with Gasteiger partial charge in [-0.05, 0) is 40.5 Å². The normalized spacial score (nSPS) is 35.9. The Morgan fingerprint density at radius 2 is 1.74 bits per heavy atom. The number of fused-ring (bicyclic) bond motifs is 1. The summed E-state index contributed by atoms with van der Waals surface area (Å²) < 4.78 is 25.2. The van der Waals surface area contributed by atoms with E-state index in [4.69, 9.17) is 23.7 Å². The molecule has 4 fully saturated rings. The standard InChI is InChI=1S/C14H16O7.C10H14O4/c1-6(2)12(16)19-5-9(15)20-10-7-3-8-11(10)21-13(17)14(8,18)4-7;1-6(2)9(12)14-10(4)5-8(11)13-7(10)3/h7-8,10-11,18H,1,3-5H2,2H3;7H,1,5H2,2-4H3. The first kappa shape index (κ1) is 26.4. The Labute approximate surface area is 202 Å². The summed E-state index contributed by atoms with van der Waals surface area (Å²) >= 11 is 0. The maximum Gasteiger partial charge on any atom is 0.344 e. The highest BCUT2D eigenvalue weighted by Gasteiger charge is 2.71. The van der Waals surface area contributed by atoms with Crippen molar-refractivity contribution in [2.45, 2.75) is 76.5 Å². The van der Waals surface area contributed by atoms with Crippen LogP contribution in [0.3, 0.4) is 0 Å². The van der Waals surface area contributed by atoms with Crippen molar-refractivity contribution in [3.8, 4) is 0 Å². The van der Waals surface area contributed by atoms with Crippen LogP contribution in [0.4, 0.5) is 0 Å². The molecule has 0 aromatic rings. The summed E-state index contributed by atoms with van der Waals surface area (Å²) in [5.74, 6) is -3.24. The van der Waals surface area contributed by atoms with Crippen molar-refractivity contribution in [1.82, 2.24) is 0 Å². The van der Waals surface area contributed by atoms with Crippen LogP contribution < -0.4 is 0 Å². The molecule has 192 valence electrons. The lowest BCUT2D eigenvalue weighted by Crippen LogP contribution is -2.44. The second-order valence-electron chi connectivity index (χ2n) is 9.70. The zero-order valence-corrected chi connectivity index (χ0v) is 20.2. The average molecular weight is 494 g/mol. The molecule has 0 radical (unpaired) electrons. The molecule has 4 rings (SSSR count). The van der Waals surface area contributed by atoms with Crippen LogP contribution in [-0.2, 0) is 47.7 Å². The predicted octanol–water partition coefficient (Wildman–Crippen LogP) is 0.914. The third kappa shape index (κ3) is 5.09.